The molecule has 0 aromatic heterocycles. The Morgan fingerprint density at radius 1 is 0.321 bits per heavy atom. The molecule has 0 heterocycles. The fourth-order valence-corrected chi connectivity index (χ4v) is 9.30. The minimum atomic E-state index is -0.574. The Morgan fingerprint density at radius 2 is 0.617 bits per heavy atom. The van der Waals surface area contributed by atoms with Crippen molar-refractivity contribution in [2.45, 2.75) is 99.6 Å². The Hall–Kier alpha value is -9.42. The van der Waals surface area contributed by atoms with Crippen molar-refractivity contribution < 1.29 is 57.2 Å². The van der Waals surface area contributed by atoms with Gasteiger partial charge in [0.25, 0.3) is 0 Å². The van der Waals surface area contributed by atoms with Crippen molar-refractivity contribution in [1.82, 2.24) is 0 Å². The highest BCUT2D eigenvalue weighted by atomic mass is 16.6. The van der Waals surface area contributed by atoms with E-state index in [-0.39, 0.29) is 0 Å². The van der Waals surface area contributed by atoms with Crippen molar-refractivity contribution in [3.05, 3.63) is 227 Å². The van der Waals surface area contributed by atoms with Crippen molar-refractivity contribution in [2.75, 3.05) is 0 Å². The minimum Gasteiger partial charge on any atom is -0.454 e. The standard InChI is InChI=1S/C35H34O6.C34H32O6/c1-19(2)33(36)39-26-12-9-24(10-13-26)28-15-23(8)29(16-22(28)7)25-11-14-27-30(17-25)32(41-35(38)21(5)6)18-31(27)40-34(37)20(3)4;1-19(2)32(35)38-26-12-8-23(9-13-26)24-10-14-27(22(7)16-24)25-11-15-28-29(17-25)31(40-34(37)21(5)6)18-30(28)39-33(36)20(3)4/h9-17,31-32H,1,3,5,18H2,2,4,6-8H3;8-17,30-31H,1,3,5,18H2,2,4,6-7H3. The summed E-state index contributed by atoms with van der Waals surface area (Å²) < 4.78 is 33.4. The van der Waals surface area contributed by atoms with E-state index in [0.29, 0.717) is 57.8 Å². The number of esters is 6. The number of ether oxygens (including phenoxy) is 6. The number of hydrogen-bond acceptors (Lipinski definition) is 12. The smallest absolute Gasteiger partial charge is 0.338 e. The Bertz CT molecular complexity index is 3610. The Labute approximate surface area is 473 Å². The number of fused-ring (bicyclic) bond motifs is 2. The zero-order valence-corrected chi connectivity index (χ0v) is 47.3. The molecule has 0 N–H and O–H groups in total. The molecule has 4 atom stereocenters. The first-order valence-corrected chi connectivity index (χ1v) is 26.2. The summed E-state index contributed by atoms with van der Waals surface area (Å²) in [4.78, 5) is 72.9. The summed E-state index contributed by atoms with van der Waals surface area (Å²) in [6.07, 6.45) is -1.58. The highest BCUT2D eigenvalue weighted by Crippen LogP contribution is 2.47. The van der Waals surface area contributed by atoms with Crippen molar-refractivity contribution in [3.63, 3.8) is 0 Å². The van der Waals surface area contributed by atoms with Crippen molar-refractivity contribution in [2.24, 2.45) is 0 Å². The predicted molar refractivity (Wildman–Crippen MR) is 314 cm³/mol. The van der Waals surface area contributed by atoms with Crippen LogP contribution in [0.1, 0.15) is 118 Å². The number of rotatable bonds is 16. The first-order valence-electron chi connectivity index (χ1n) is 26.2. The molecule has 81 heavy (non-hydrogen) atoms. The zero-order valence-electron chi connectivity index (χ0n) is 47.3. The molecule has 12 nitrogen and oxygen atoms in total. The van der Waals surface area contributed by atoms with Crippen LogP contribution in [-0.2, 0) is 47.7 Å². The van der Waals surface area contributed by atoms with Gasteiger partial charge < -0.3 is 28.4 Å². The van der Waals surface area contributed by atoms with Gasteiger partial charge in [0.05, 0.1) is 0 Å². The summed E-state index contributed by atoms with van der Waals surface area (Å²) in [5.41, 5.74) is 16.3. The largest absolute Gasteiger partial charge is 0.454 e. The lowest BCUT2D eigenvalue weighted by Crippen LogP contribution is -2.12. The number of carbonyl (C=O) groups is 6. The van der Waals surface area contributed by atoms with Gasteiger partial charge in [-0.05, 0) is 171 Å². The third-order valence-electron chi connectivity index (χ3n) is 13.7. The molecule has 2 aliphatic rings. The second-order valence-electron chi connectivity index (χ2n) is 20.8. The first kappa shape index (κ1) is 59.2. The van der Waals surface area contributed by atoms with Gasteiger partial charge >= 0.3 is 35.8 Å². The average Bonchev–Trinajstić information content (AvgIpc) is 3.98. The van der Waals surface area contributed by atoms with Gasteiger partial charge in [-0.3, -0.25) is 0 Å². The molecule has 8 rings (SSSR count). The topological polar surface area (TPSA) is 158 Å². The second kappa shape index (κ2) is 25.1. The van der Waals surface area contributed by atoms with Crippen LogP contribution in [-0.4, -0.2) is 35.8 Å². The van der Waals surface area contributed by atoms with Crippen LogP contribution in [0.4, 0.5) is 0 Å². The molecule has 0 radical (unpaired) electrons. The number of aryl methyl sites for hydroxylation is 3. The maximum absolute atomic E-state index is 12.4. The fourth-order valence-electron chi connectivity index (χ4n) is 9.30. The molecule has 0 saturated heterocycles. The molecule has 0 aliphatic heterocycles. The highest BCUT2D eigenvalue weighted by molar-refractivity contribution is 5.91. The van der Waals surface area contributed by atoms with E-state index in [1.54, 1.807) is 65.8 Å². The van der Waals surface area contributed by atoms with Crippen LogP contribution in [0.25, 0.3) is 44.5 Å². The van der Waals surface area contributed by atoms with Crippen molar-refractivity contribution >= 4 is 35.8 Å². The summed E-state index contributed by atoms with van der Waals surface area (Å²) in [5.74, 6) is -1.96. The molecular formula is C69H66O12. The number of benzene rings is 6. The van der Waals surface area contributed by atoms with E-state index in [1.165, 1.54) is 0 Å². The Morgan fingerprint density at radius 3 is 0.975 bits per heavy atom. The molecule has 414 valence electrons. The lowest BCUT2D eigenvalue weighted by Gasteiger charge is -2.16. The summed E-state index contributed by atoms with van der Waals surface area (Å²) >= 11 is 0. The van der Waals surface area contributed by atoms with E-state index < -0.39 is 60.2 Å². The monoisotopic (exact) mass is 1090 g/mol. The molecule has 2 aliphatic carbocycles. The van der Waals surface area contributed by atoms with Crippen LogP contribution in [0.15, 0.2) is 188 Å². The van der Waals surface area contributed by atoms with Gasteiger partial charge in [-0.15, -0.1) is 0 Å². The Kier molecular flexibility index (Phi) is 18.4. The van der Waals surface area contributed by atoms with E-state index in [2.05, 4.69) is 57.7 Å². The normalized spacial score (nSPS) is 15.5. The van der Waals surface area contributed by atoms with Crippen molar-refractivity contribution in [3.8, 4) is 56.0 Å². The maximum atomic E-state index is 12.4. The SMILES string of the molecule is C=C(C)C(=O)Oc1ccc(-c2cc(C)c(-c3ccc4c(c3)C(OC(=O)C(=C)C)CC4OC(=O)C(=C)C)cc2C)cc1.C=C(C)C(=O)Oc1ccc(-c2ccc(-c3ccc4c(c3)C(OC(=O)C(=C)C)CC4OC(=O)C(=C)C)c(C)c2)cc1. The second-order valence-corrected chi connectivity index (χ2v) is 20.8. The van der Waals surface area contributed by atoms with Crippen LogP contribution >= 0.6 is 0 Å². The molecule has 0 spiro atoms. The van der Waals surface area contributed by atoms with E-state index >= 15 is 0 Å². The third kappa shape index (κ3) is 14.1. The molecule has 0 fully saturated rings. The number of carbonyl (C=O) groups excluding carboxylic acids is 6. The highest BCUT2D eigenvalue weighted by Gasteiger charge is 2.38. The maximum Gasteiger partial charge on any atom is 0.338 e. The average molecular weight is 1090 g/mol. The van der Waals surface area contributed by atoms with Crippen molar-refractivity contribution in [1.29, 1.82) is 0 Å². The van der Waals surface area contributed by atoms with Gasteiger partial charge in [0, 0.05) is 57.4 Å². The molecule has 0 bridgehead atoms. The van der Waals surface area contributed by atoms with Crippen LogP contribution in [0.2, 0.25) is 0 Å². The number of hydrogen-bond donors (Lipinski definition) is 0. The third-order valence-corrected chi connectivity index (χ3v) is 13.7. The molecule has 0 saturated carbocycles. The molecule has 0 amide bonds. The van der Waals surface area contributed by atoms with Crippen LogP contribution < -0.4 is 9.47 Å². The summed E-state index contributed by atoms with van der Waals surface area (Å²) in [6, 6.07) is 36.9. The minimum absolute atomic E-state index is 0.300. The van der Waals surface area contributed by atoms with E-state index in [9.17, 15) is 28.8 Å². The van der Waals surface area contributed by atoms with Gasteiger partial charge in [0.2, 0.25) is 0 Å². The van der Waals surface area contributed by atoms with Crippen LogP contribution in [0, 0.1) is 20.8 Å². The van der Waals surface area contributed by atoms with Gasteiger partial charge in [-0.2, -0.15) is 0 Å². The first-order chi connectivity index (χ1) is 38.3. The summed E-state index contributed by atoms with van der Waals surface area (Å²) in [7, 11) is 0. The fraction of sp³-hybridized carbons (Fsp3) is 0.217. The predicted octanol–water partition coefficient (Wildman–Crippen LogP) is 15.4. The molecular weight excluding hydrogens is 1020 g/mol. The van der Waals surface area contributed by atoms with Gasteiger partial charge in [-0.25, -0.2) is 28.8 Å². The van der Waals surface area contributed by atoms with E-state index in [4.69, 9.17) is 28.4 Å². The molecule has 4 unspecified atom stereocenters. The van der Waals surface area contributed by atoms with Gasteiger partial charge in [-0.1, -0.05) is 118 Å². The zero-order chi connectivity index (χ0) is 59.1. The van der Waals surface area contributed by atoms with Gasteiger partial charge in [0.15, 0.2) is 0 Å². The van der Waals surface area contributed by atoms with E-state index in [1.807, 2.05) is 93.6 Å². The van der Waals surface area contributed by atoms with Crippen LogP contribution in [0.5, 0.6) is 11.5 Å². The quantitative estimate of drug-likeness (QED) is 0.0391. The molecule has 6 aromatic carbocycles. The lowest BCUT2D eigenvalue weighted by atomic mass is 9.90. The Balaban J connectivity index is 0.000000234. The molecule has 12 heteroatoms. The van der Waals surface area contributed by atoms with E-state index in [0.717, 1.165) is 83.5 Å². The molecule has 6 aromatic rings. The lowest BCUT2D eigenvalue weighted by molar-refractivity contribution is -0.151. The van der Waals surface area contributed by atoms with Crippen LogP contribution in [0.3, 0.4) is 0 Å². The summed E-state index contributed by atoms with van der Waals surface area (Å²) in [5, 5.41) is 0. The van der Waals surface area contributed by atoms with Gasteiger partial charge in [0.1, 0.15) is 35.9 Å². The summed E-state index contributed by atoms with van der Waals surface area (Å²) in [6.45, 7) is 37.7.